The molecule has 0 unspecified atom stereocenters. The predicted molar refractivity (Wildman–Crippen MR) is 103 cm³/mol. The van der Waals surface area contributed by atoms with Crippen LogP contribution in [0.15, 0.2) is 35.5 Å². The van der Waals surface area contributed by atoms with Crippen LogP contribution in [0.2, 0.25) is 0 Å². The molecule has 1 heterocycles. The van der Waals surface area contributed by atoms with Crippen LogP contribution in [0.1, 0.15) is 33.6 Å². The largest absolute Gasteiger partial charge is 0.461 e. The maximum Gasteiger partial charge on any atom is 0.337 e. The van der Waals surface area contributed by atoms with Gasteiger partial charge in [0.15, 0.2) is 0 Å². The number of fused-ring (bicyclic) bond motifs is 3. The van der Waals surface area contributed by atoms with Gasteiger partial charge in [-0.2, -0.15) is 0 Å². The Hall–Kier alpha value is -2.41. The lowest BCUT2D eigenvalue weighted by Gasteiger charge is -2.29. The summed E-state index contributed by atoms with van der Waals surface area (Å²) < 4.78 is 16.4. The van der Waals surface area contributed by atoms with Crippen molar-refractivity contribution in [2.24, 2.45) is 23.7 Å². The van der Waals surface area contributed by atoms with Gasteiger partial charge in [-0.3, -0.25) is 4.79 Å². The summed E-state index contributed by atoms with van der Waals surface area (Å²) in [5.41, 5.74) is 1.64. The van der Waals surface area contributed by atoms with Gasteiger partial charge in [-0.25, -0.2) is 9.59 Å². The second kappa shape index (κ2) is 8.53. The van der Waals surface area contributed by atoms with Crippen molar-refractivity contribution in [2.75, 3.05) is 13.2 Å². The van der Waals surface area contributed by atoms with Crippen molar-refractivity contribution < 1.29 is 33.7 Å². The zero-order valence-corrected chi connectivity index (χ0v) is 17.1. The van der Waals surface area contributed by atoms with Gasteiger partial charge < -0.3 is 19.3 Å². The summed E-state index contributed by atoms with van der Waals surface area (Å²) in [5.74, 6) is -2.03. The molecule has 0 aromatic heterocycles. The van der Waals surface area contributed by atoms with Crippen molar-refractivity contribution in [3.8, 4) is 0 Å². The molecule has 1 aliphatic heterocycles. The third kappa shape index (κ3) is 4.01. The van der Waals surface area contributed by atoms with Crippen molar-refractivity contribution in [1.29, 1.82) is 0 Å². The van der Waals surface area contributed by atoms with E-state index in [1.54, 1.807) is 6.92 Å². The van der Waals surface area contributed by atoms with Gasteiger partial charge in [0.1, 0.15) is 18.8 Å². The van der Waals surface area contributed by atoms with Gasteiger partial charge in [-0.1, -0.05) is 24.3 Å². The van der Waals surface area contributed by atoms with Crippen molar-refractivity contribution >= 4 is 17.9 Å². The van der Waals surface area contributed by atoms with E-state index >= 15 is 0 Å². The predicted octanol–water partition coefficient (Wildman–Crippen LogP) is 2.10. The molecule has 1 saturated heterocycles. The summed E-state index contributed by atoms with van der Waals surface area (Å²) in [6, 6.07) is 0. The van der Waals surface area contributed by atoms with Crippen LogP contribution in [0.4, 0.5) is 0 Å². The molecule has 0 aromatic rings. The molecule has 2 aliphatic carbocycles. The van der Waals surface area contributed by atoms with E-state index < -0.39 is 36.0 Å². The zero-order valence-electron chi connectivity index (χ0n) is 17.1. The van der Waals surface area contributed by atoms with Crippen LogP contribution in [-0.2, 0) is 28.6 Å². The molecule has 1 saturated carbocycles. The van der Waals surface area contributed by atoms with Crippen LogP contribution in [0.25, 0.3) is 0 Å². The summed E-state index contributed by atoms with van der Waals surface area (Å²) >= 11 is 0. The fourth-order valence-electron chi connectivity index (χ4n) is 4.87. The Morgan fingerprint density at radius 3 is 2.72 bits per heavy atom. The number of ether oxygens (including phenoxy) is 3. The van der Waals surface area contributed by atoms with E-state index in [1.165, 1.54) is 13.0 Å². The summed E-state index contributed by atoms with van der Waals surface area (Å²) in [6.45, 7) is 8.61. The normalized spacial score (nSPS) is 33.9. The number of hydrogen-bond donors (Lipinski definition) is 1. The third-order valence-corrected chi connectivity index (χ3v) is 6.39. The van der Waals surface area contributed by atoms with E-state index in [9.17, 15) is 19.5 Å². The fourth-order valence-corrected chi connectivity index (χ4v) is 4.87. The molecule has 158 valence electrons. The van der Waals surface area contributed by atoms with Gasteiger partial charge in [0.25, 0.3) is 0 Å². The van der Waals surface area contributed by atoms with Gasteiger partial charge in [-0.15, -0.1) is 0 Å². The van der Waals surface area contributed by atoms with E-state index in [-0.39, 0.29) is 36.5 Å². The number of rotatable bonds is 5. The molecule has 0 radical (unpaired) electrons. The van der Waals surface area contributed by atoms with Gasteiger partial charge in [0, 0.05) is 25.0 Å². The fraction of sp³-hybridized carbons (Fsp3) is 0.591. The van der Waals surface area contributed by atoms with Gasteiger partial charge in [0.2, 0.25) is 0 Å². The number of esters is 3. The molecule has 6 atom stereocenters. The molecule has 0 aromatic carbocycles. The average molecular weight is 404 g/mol. The molecule has 7 nitrogen and oxygen atoms in total. The van der Waals surface area contributed by atoms with Crippen molar-refractivity contribution in [3.05, 3.63) is 35.5 Å². The second-order valence-corrected chi connectivity index (χ2v) is 8.01. The first-order chi connectivity index (χ1) is 13.8. The average Bonchev–Trinajstić information content (AvgIpc) is 3.14. The van der Waals surface area contributed by atoms with E-state index in [0.29, 0.717) is 12.0 Å². The Bertz CT molecular complexity index is 778. The summed E-state index contributed by atoms with van der Waals surface area (Å²) in [7, 11) is 0. The highest BCUT2D eigenvalue weighted by Gasteiger charge is 2.55. The summed E-state index contributed by atoms with van der Waals surface area (Å²) in [6.07, 6.45) is 3.75. The van der Waals surface area contributed by atoms with E-state index in [4.69, 9.17) is 14.2 Å². The Labute approximate surface area is 170 Å². The van der Waals surface area contributed by atoms with Crippen molar-refractivity contribution in [3.63, 3.8) is 0 Å². The summed E-state index contributed by atoms with van der Waals surface area (Å²) in [5, 5.41) is 10.0. The van der Waals surface area contributed by atoms with Crippen LogP contribution >= 0.6 is 0 Å². The van der Waals surface area contributed by atoms with Crippen LogP contribution in [0, 0.1) is 23.7 Å². The summed E-state index contributed by atoms with van der Waals surface area (Å²) in [4.78, 5) is 36.1. The van der Waals surface area contributed by atoms with Gasteiger partial charge in [-0.05, 0) is 38.5 Å². The number of aliphatic hydroxyl groups excluding tert-OH is 1. The lowest BCUT2D eigenvalue weighted by molar-refractivity contribution is -0.150. The Balaban J connectivity index is 1.87. The van der Waals surface area contributed by atoms with Crippen molar-refractivity contribution in [1.82, 2.24) is 0 Å². The van der Waals surface area contributed by atoms with Crippen LogP contribution < -0.4 is 0 Å². The Kier molecular flexibility index (Phi) is 6.27. The maximum absolute atomic E-state index is 12.7. The van der Waals surface area contributed by atoms with E-state index in [1.807, 2.05) is 6.92 Å². The topological polar surface area (TPSA) is 99.1 Å². The lowest BCUT2D eigenvalue weighted by Crippen LogP contribution is -2.36. The standard InChI is InChI=1S/C22H28O7/c1-5-14(10-27-13(4)24)22(26)28-17-8-15(9-23)16-7-6-11(2)18(16)20-19(17)12(3)21(25)29-20/h5-6,15-20,23H,3,7-10H2,1-2,4H3/b14-5+/t15-,16+,17-,18+,19-,20-/m1/s1. The molecule has 3 aliphatic rings. The van der Waals surface area contributed by atoms with Crippen molar-refractivity contribution in [2.45, 2.75) is 45.8 Å². The first kappa shape index (κ1) is 21.3. The number of carbonyl (C=O) groups excluding carboxylic acids is 3. The molecule has 0 bridgehead atoms. The minimum Gasteiger partial charge on any atom is -0.461 e. The number of allylic oxidation sites excluding steroid dienone is 2. The van der Waals surface area contributed by atoms with Gasteiger partial charge >= 0.3 is 17.9 Å². The monoisotopic (exact) mass is 404 g/mol. The highest BCUT2D eigenvalue weighted by Crippen LogP contribution is 2.51. The molecule has 0 spiro atoms. The Morgan fingerprint density at radius 2 is 2.10 bits per heavy atom. The Morgan fingerprint density at radius 1 is 1.38 bits per heavy atom. The molecule has 7 heteroatoms. The molecule has 29 heavy (non-hydrogen) atoms. The quantitative estimate of drug-likeness (QED) is 0.324. The smallest absolute Gasteiger partial charge is 0.337 e. The van der Waals surface area contributed by atoms with Crippen LogP contribution in [0.5, 0.6) is 0 Å². The highest BCUT2D eigenvalue weighted by molar-refractivity contribution is 5.92. The maximum atomic E-state index is 12.7. The SMILES string of the molecule is C=C1C(=O)O[C@@H]2[C@H]3C(C)=CC[C@H]3[C@@H](CO)C[C@@H](OC(=O)/C(=C/C)COC(C)=O)[C@@H]12. The number of carbonyl (C=O) groups is 3. The molecule has 1 N–H and O–H groups in total. The van der Waals surface area contributed by atoms with E-state index in [2.05, 4.69) is 12.7 Å². The van der Waals surface area contributed by atoms with Crippen LogP contribution in [-0.4, -0.2) is 48.4 Å². The minimum atomic E-state index is -0.658. The van der Waals surface area contributed by atoms with Gasteiger partial charge in [0.05, 0.1) is 11.5 Å². The molecule has 2 fully saturated rings. The first-order valence-corrected chi connectivity index (χ1v) is 9.95. The van der Waals surface area contributed by atoms with Crippen LogP contribution in [0.3, 0.4) is 0 Å². The second-order valence-electron chi connectivity index (χ2n) is 8.01. The molecular formula is C22H28O7. The number of hydrogen-bond acceptors (Lipinski definition) is 7. The number of aliphatic hydroxyl groups is 1. The first-order valence-electron chi connectivity index (χ1n) is 9.95. The lowest BCUT2D eigenvalue weighted by atomic mass is 9.78. The highest BCUT2D eigenvalue weighted by atomic mass is 16.6. The van der Waals surface area contributed by atoms with E-state index in [0.717, 1.165) is 12.0 Å². The molecule has 0 amide bonds. The molecular weight excluding hydrogens is 376 g/mol. The molecule has 3 rings (SSSR count). The zero-order chi connectivity index (χ0) is 21.3. The minimum absolute atomic E-state index is 0.0220. The third-order valence-electron chi connectivity index (χ3n) is 6.39.